The van der Waals surface area contributed by atoms with Crippen LogP contribution in [0, 0.1) is 0 Å². The van der Waals surface area contributed by atoms with Gasteiger partial charge >= 0.3 is 12.0 Å². The molecule has 1 rings (SSSR count). The zero-order valence-electron chi connectivity index (χ0n) is 10.5. The van der Waals surface area contributed by atoms with Gasteiger partial charge in [-0.15, -0.1) is 0 Å². The number of carboxylic acids is 1. The minimum Gasteiger partial charge on any atom is -0.481 e. The van der Waals surface area contributed by atoms with Gasteiger partial charge in [-0.1, -0.05) is 6.92 Å². The number of hydrogen-bond donors (Lipinski definition) is 3. The summed E-state index contributed by atoms with van der Waals surface area (Å²) in [6.07, 6.45) is 2.30. The third kappa shape index (κ3) is 4.64. The van der Waals surface area contributed by atoms with Gasteiger partial charge in [0.1, 0.15) is 0 Å². The highest BCUT2D eigenvalue weighted by atomic mass is 32.2. The van der Waals surface area contributed by atoms with E-state index in [0.29, 0.717) is 30.9 Å². The lowest BCUT2D eigenvalue weighted by molar-refractivity contribution is -0.139. The first kappa shape index (κ1) is 14.9. The lowest BCUT2D eigenvalue weighted by Crippen LogP contribution is -2.57. The summed E-state index contributed by atoms with van der Waals surface area (Å²) in [4.78, 5) is 22.3. The zero-order valence-corrected chi connectivity index (χ0v) is 11.3. The Morgan fingerprint density at radius 2 is 2.06 bits per heavy atom. The third-order valence-corrected chi connectivity index (χ3v) is 4.42. The first-order chi connectivity index (χ1) is 8.47. The van der Waals surface area contributed by atoms with E-state index in [4.69, 9.17) is 5.11 Å². The van der Waals surface area contributed by atoms with Crippen molar-refractivity contribution in [2.24, 2.45) is 0 Å². The molecule has 6 nitrogen and oxygen atoms in total. The van der Waals surface area contributed by atoms with Crippen molar-refractivity contribution in [2.75, 3.05) is 18.1 Å². The fourth-order valence-electron chi connectivity index (χ4n) is 1.95. The zero-order chi connectivity index (χ0) is 13.6. The van der Waals surface area contributed by atoms with Crippen molar-refractivity contribution in [1.82, 2.24) is 10.6 Å². The number of hydrogen-bond acceptors (Lipinski definition) is 3. The van der Waals surface area contributed by atoms with Gasteiger partial charge in [0, 0.05) is 28.9 Å². The number of carbonyl (C=O) groups excluding carboxylic acids is 1. The minimum absolute atomic E-state index is 0.0404. The summed E-state index contributed by atoms with van der Waals surface area (Å²) in [6.45, 7) is 2.17. The maximum atomic E-state index is 11.6. The topological polar surface area (TPSA) is 95.5 Å². The van der Waals surface area contributed by atoms with Crippen molar-refractivity contribution in [2.45, 2.75) is 38.1 Å². The molecule has 0 aromatic carbocycles. The molecule has 2 amide bonds. The Labute approximate surface area is 109 Å². The van der Waals surface area contributed by atoms with Crippen LogP contribution in [0.5, 0.6) is 0 Å². The van der Waals surface area contributed by atoms with Gasteiger partial charge in [0.25, 0.3) is 0 Å². The van der Waals surface area contributed by atoms with Crippen LogP contribution in [-0.4, -0.2) is 44.9 Å². The molecule has 0 heterocycles. The fraction of sp³-hybridized carbons (Fsp3) is 0.818. The molecule has 0 aliphatic heterocycles. The molecule has 0 bridgehead atoms. The molecule has 7 heteroatoms. The molecule has 104 valence electrons. The Hall–Kier alpha value is -1.11. The van der Waals surface area contributed by atoms with E-state index in [2.05, 4.69) is 10.6 Å². The van der Waals surface area contributed by atoms with Crippen molar-refractivity contribution >= 4 is 22.8 Å². The van der Waals surface area contributed by atoms with Crippen LogP contribution in [0.4, 0.5) is 4.79 Å². The highest BCUT2D eigenvalue weighted by molar-refractivity contribution is 7.84. The van der Waals surface area contributed by atoms with Crippen LogP contribution in [0.2, 0.25) is 0 Å². The van der Waals surface area contributed by atoms with Crippen molar-refractivity contribution in [1.29, 1.82) is 0 Å². The maximum absolute atomic E-state index is 11.6. The average Bonchev–Trinajstić information content (AvgIpc) is 2.25. The van der Waals surface area contributed by atoms with Gasteiger partial charge in [0.05, 0.1) is 12.0 Å². The Kier molecular flexibility index (Phi) is 5.58. The van der Waals surface area contributed by atoms with E-state index in [1.165, 1.54) is 0 Å². The van der Waals surface area contributed by atoms with Gasteiger partial charge in [0.2, 0.25) is 0 Å². The molecule has 18 heavy (non-hydrogen) atoms. The van der Waals surface area contributed by atoms with E-state index in [-0.39, 0.29) is 12.5 Å². The average molecular weight is 276 g/mol. The summed E-state index contributed by atoms with van der Waals surface area (Å²) in [5.74, 6) is 0.101. The molecule has 0 saturated heterocycles. The van der Waals surface area contributed by atoms with E-state index in [1.807, 2.05) is 6.92 Å². The van der Waals surface area contributed by atoms with Crippen molar-refractivity contribution in [3.8, 4) is 0 Å². The fourth-order valence-corrected chi connectivity index (χ4v) is 2.57. The molecule has 1 aliphatic carbocycles. The summed E-state index contributed by atoms with van der Waals surface area (Å²) in [5, 5.41) is 14.1. The normalized spacial score (nSPS) is 18.5. The second-order valence-electron chi connectivity index (χ2n) is 4.52. The lowest BCUT2D eigenvalue weighted by Gasteiger charge is -2.41. The van der Waals surface area contributed by atoms with Crippen LogP contribution in [0.3, 0.4) is 0 Å². The largest absolute Gasteiger partial charge is 0.481 e. The molecular formula is C11H20N2O4S. The predicted molar refractivity (Wildman–Crippen MR) is 68.9 cm³/mol. The molecule has 1 atom stereocenters. The quantitative estimate of drug-likeness (QED) is 0.629. The summed E-state index contributed by atoms with van der Waals surface area (Å²) < 4.78 is 11.2. The van der Waals surface area contributed by atoms with Gasteiger partial charge in [-0.05, 0) is 19.3 Å². The van der Waals surface area contributed by atoms with Crippen LogP contribution in [0.1, 0.15) is 32.6 Å². The second kappa shape index (κ2) is 6.72. The van der Waals surface area contributed by atoms with E-state index in [9.17, 15) is 13.8 Å². The highest BCUT2D eigenvalue weighted by Crippen LogP contribution is 2.34. The third-order valence-electron chi connectivity index (χ3n) is 3.12. The van der Waals surface area contributed by atoms with Gasteiger partial charge in [0.15, 0.2) is 0 Å². The number of nitrogens with one attached hydrogen (secondary N) is 2. The van der Waals surface area contributed by atoms with Crippen LogP contribution in [0.15, 0.2) is 0 Å². The molecule has 0 aromatic rings. The Morgan fingerprint density at radius 3 is 2.50 bits per heavy atom. The standard InChI is InChI=1S/C11H20N2O4S/c1-2-18(17)7-6-12-10(16)13-11(4-3-5-11)8-9(14)15/h2-8H2,1H3,(H,14,15)(H2,12,13,16). The number of aliphatic carboxylic acids is 1. The van der Waals surface area contributed by atoms with E-state index >= 15 is 0 Å². The number of rotatable bonds is 7. The summed E-state index contributed by atoms with van der Waals surface area (Å²) in [7, 11) is -0.900. The molecule has 0 aromatic heterocycles. The molecule has 1 aliphatic rings. The van der Waals surface area contributed by atoms with E-state index < -0.39 is 22.3 Å². The van der Waals surface area contributed by atoms with Crippen LogP contribution in [-0.2, 0) is 15.6 Å². The van der Waals surface area contributed by atoms with Crippen molar-refractivity contribution in [3.63, 3.8) is 0 Å². The molecule has 1 saturated carbocycles. The second-order valence-corrected chi connectivity index (χ2v) is 6.38. The first-order valence-electron chi connectivity index (χ1n) is 6.10. The summed E-state index contributed by atoms with van der Waals surface area (Å²) in [5.41, 5.74) is -0.584. The van der Waals surface area contributed by atoms with E-state index in [0.717, 1.165) is 6.42 Å². The minimum atomic E-state index is -0.901. The first-order valence-corrected chi connectivity index (χ1v) is 7.59. The molecule has 1 unspecified atom stereocenters. The van der Waals surface area contributed by atoms with Crippen molar-refractivity contribution < 1.29 is 18.9 Å². The lowest BCUT2D eigenvalue weighted by atomic mass is 9.74. The SMILES string of the molecule is CCS(=O)CCNC(=O)NC1(CC(=O)O)CCC1. The monoisotopic (exact) mass is 276 g/mol. The Bertz CT molecular complexity index is 342. The van der Waals surface area contributed by atoms with Gasteiger partial charge in [-0.25, -0.2) is 4.79 Å². The summed E-state index contributed by atoms with van der Waals surface area (Å²) in [6, 6.07) is -0.371. The highest BCUT2D eigenvalue weighted by Gasteiger charge is 2.40. The van der Waals surface area contributed by atoms with Gasteiger partial charge in [-0.3, -0.25) is 9.00 Å². The molecule has 3 N–H and O–H groups in total. The number of amides is 2. The maximum Gasteiger partial charge on any atom is 0.315 e. The summed E-state index contributed by atoms with van der Waals surface area (Å²) >= 11 is 0. The molecular weight excluding hydrogens is 256 g/mol. The number of carboxylic acid groups (broad SMARTS) is 1. The number of carbonyl (C=O) groups is 2. The number of urea groups is 1. The van der Waals surface area contributed by atoms with Crippen LogP contribution in [0.25, 0.3) is 0 Å². The van der Waals surface area contributed by atoms with Crippen LogP contribution >= 0.6 is 0 Å². The van der Waals surface area contributed by atoms with Gasteiger partial charge in [-0.2, -0.15) is 0 Å². The smallest absolute Gasteiger partial charge is 0.315 e. The molecule has 0 radical (unpaired) electrons. The van der Waals surface area contributed by atoms with Crippen molar-refractivity contribution in [3.05, 3.63) is 0 Å². The Balaban J connectivity index is 2.30. The van der Waals surface area contributed by atoms with E-state index in [1.54, 1.807) is 0 Å². The van der Waals surface area contributed by atoms with Crippen LogP contribution < -0.4 is 10.6 Å². The molecule has 1 fully saturated rings. The predicted octanol–water partition coefficient (Wildman–Crippen LogP) is 0.452. The molecule has 0 spiro atoms. The Morgan fingerprint density at radius 1 is 1.39 bits per heavy atom. The van der Waals surface area contributed by atoms with Gasteiger partial charge < -0.3 is 15.7 Å².